The molecular formula is C22H33N3O6. The second kappa shape index (κ2) is 10.8. The van der Waals surface area contributed by atoms with Crippen LogP contribution >= 0.6 is 0 Å². The number of carbonyl (C=O) groups is 4. The molecule has 0 fully saturated rings. The van der Waals surface area contributed by atoms with Crippen LogP contribution in [0.5, 0.6) is 0 Å². The second-order valence-electron chi connectivity index (χ2n) is 8.77. The number of rotatable bonds is 8. The van der Waals surface area contributed by atoms with E-state index in [0.29, 0.717) is 0 Å². The Hall–Kier alpha value is -3.10. The summed E-state index contributed by atoms with van der Waals surface area (Å²) < 4.78 is 10.3. The molecule has 0 saturated heterocycles. The Balaban J connectivity index is 2.55. The van der Waals surface area contributed by atoms with Crippen molar-refractivity contribution >= 4 is 23.9 Å². The molecule has 1 aromatic carbocycles. The van der Waals surface area contributed by atoms with Crippen molar-refractivity contribution in [3.63, 3.8) is 0 Å². The van der Waals surface area contributed by atoms with Gasteiger partial charge >= 0.3 is 12.1 Å². The average Bonchev–Trinajstić information content (AvgIpc) is 2.64. The highest BCUT2D eigenvalue weighted by Gasteiger charge is 2.33. The summed E-state index contributed by atoms with van der Waals surface area (Å²) in [5.74, 6) is -1.75. The molecule has 9 heteroatoms. The number of ether oxygens (including phenoxy) is 2. The van der Waals surface area contributed by atoms with Crippen LogP contribution in [0.15, 0.2) is 30.3 Å². The van der Waals surface area contributed by atoms with E-state index in [2.05, 4.69) is 16.0 Å². The maximum absolute atomic E-state index is 12.6. The Kier molecular flexibility index (Phi) is 9.02. The third kappa shape index (κ3) is 9.50. The fourth-order valence-electron chi connectivity index (χ4n) is 2.31. The van der Waals surface area contributed by atoms with Gasteiger partial charge in [-0.1, -0.05) is 30.3 Å². The van der Waals surface area contributed by atoms with E-state index >= 15 is 0 Å². The smallest absolute Gasteiger partial charge is 0.408 e. The summed E-state index contributed by atoms with van der Waals surface area (Å²) >= 11 is 0. The summed E-state index contributed by atoms with van der Waals surface area (Å²) in [6.07, 6.45) is -0.743. The number of alkyl carbamates (subject to hydrolysis) is 1. The van der Waals surface area contributed by atoms with Crippen LogP contribution in [-0.2, 0) is 30.5 Å². The molecular weight excluding hydrogens is 402 g/mol. The van der Waals surface area contributed by atoms with E-state index in [1.165, 1.54) is 27.7 Å². The molecule has 31 heavy (non-hydrogen) atoms. The summed E-state index contributed by atoms with van der Waals surface area (Å²) in [5.41, 5.74) is -1.21. The fourth-order valence-corrected chi connectivity index (χ4v) is 2.31. The average molecular weight is 436 g/mol. The summed E-state index contributed by atoms with van der Waals surface area (Å²) in [6, 6.07) is 7.31. The normalized spacial score (nSPS) is 13.4. The first-order valence-corrected chi connectivity index (χ1v) is 10.0. The number of benzene rings is 1. The molecule has 1 rings (SSSR count). The van der Waals surface area contributed by atoms with E-state index in [4.69, 9.17) is 9.47 Å². The van der Waals surface area contributed by atoms with Crippen LogP contribution in [0.2, 0.25) is 0 Å². The molecule has 0 aliphatic carbocycles. The molecule has 0 aliphatic rings. The lowest BCUT2D eigenvalue weighted by molar-refractivity contribution is -0.149. The lowest BCUT2D eigenvalue weighted by atomic mass is 10.0. The van der Waals surface area contributed by atoms with E-state index < -0.39 is 47.1 Å². The van der Waals surface area contributed by atoms with Gasteiger partial charge in [-0.3, -0.25) is 9.59 Å². The molecule has 2 atom stereocenters. The van der Waals surface area contributed by atoms with Gasteiger partial charge < -0.3 is 25.4 Å². The molecule has 3 N–H and O–H groups in total. The molecule has 0 radical (unpaired) electrons. The molecule has 0 unspecified atom stereocenters. The van der Waals surface area contributed by atoms with Gasteiger partial charge in [-0.25, -0.2) is 9.59 Å². The van der Waals surface area contributed by atoms with Gasteiger partial charge in [-0.05, 0) is 54.0 Å². The van der Waals surface area contributed by atoms with Crippen LogP contribution in [-0.4, -0.2) is 47.1 Å². The van der Waals surface area contributed by atoms with E-state index in [1.54, 1.807) is 20.8 Å². The molecule has 0 spiro atoms. The monoisotopic (exact) mass is 435 g/mol. The van der Waals surface area contributed by atoms with Gasteiger partial charge in [0, 0.05) is 0 Å². The maximum atomic E-state index is 12.6. The second-order valence-corrected chi connectivity index (χ2v) is 8.77. The number of esters is 1. The topological polar surface area (TPSA) is 123 Å². The Morgan fingerprint density at radius 2 is 1.48 bits per heavy atom. The van der Waals surface area contributed by atoms with Crippen LogP contribution in [0.3, 0.4) is 0 Å². The highest BCUT2D eigenvalue weighted by Crippen LogP contribution is 2.08. The quantitative estimate of drug-likeness (QED) is 0.537. The summed E-state index contributed by atoms with van der Waals surface area (Å²) in [4.78, 5) is 48.9. The molecule has 3 amide bonds. The summed E-state index contributed by atoms with van der Waals surface area (Å²) in [7, 11) is 0. The molecule has 0 heterocycles. The van der Waals surface area contributed by atoms with Crippen LogP contribution in [0.25, 0.3) is 0 Å². The Morgan fingerprint density at radius 3 is 2.03 bits per heavy atom. The first-order valence-electron chi connectivity index (χ1n) is 10.0. The molecule has 9 nitrogen and oxygen atoms in total. The van der Waals surface area contributed by atoms with Crippen molar-refractivity contribution < 1.29 is 28.7 Å². The van der Waals surface area contributed by atoms with Gasteiger partial charge in [-0.15, -0.1) is 0 Å². The van der Waals surface area contributed by atoms with Gasteiger partial charge in [0.05, 0.1) is 0 Å². The van der Waals surface area contributed by atoms with Crippen molar-refractivity contribution in [3.8, 4) is 0 Å². The minimum absolute atomic E-state index is 0.0911. The molecule has 0 saturated carbocycles. The van der Waals surface area contributed by atoms with E-state index in [9.17, 15) is 19.2 Å². The van der Waals surface area contributed by atoms with Gasteiger partial charge in [-0.2, -0.15) is 0 Å². The van der Waals surface area contributed by atoms with Crippen LogP contribution < -0.4 is 16.0 Å². The highest BCUT2D eigenvalue weighted by atomic mass is 16.6. The van der Waals surface area contributed by atoms with E-state index in [0.717, 1.165) is 5.56 Å². The third-order valence-electron chi connectivity index (χ3n) is 4.05. The first-order chi connectivity index (χ1) is 14.2. The largest absolute Gasteiger partial charge is 0.459 e. The molecule has 172 valence electrons. The maximum Gasteiger partial charge on any atom is 0.408 e. The van der Waals surface area contributed by atoms with Crippen molar-refractivity contribution in [1.82, 2.24) is 16.0 Å². The molecule has 1 aromatic rings. The van der Waals surface area contributed by atoms with Gasteiger partial charge in [0.2, 0.25) is 11.8 Å². The Bertz CT molecular complexity index is 786. The number of hydrogen-bond donors (Lipinski definition) is 3. The minimum atomic E-state index is -1.34. The van der Waals surface area contributed by atoms with Crippen LogP contribution in [0.1, 0.15) is 54.0 Å². The number of hydrogen-bond acceptors (Lipinski definition) is 6. The van der Waals surface area contributed by atoms with Crippen LogP contribution in [0.4, 0.5) is 4.79 Å². The summed E-state index contributed by atoms with van der Waals surface area (Å²) in [6.45, 7) is 11.1. The predicted molar refractivity (Wildman–Crippen MR) is 115 cm³/mol. The van der Waals surface area contributed by atoms with Crippen molar-refractivity contribution in [3.05, 3.63) is 35.9 Å². The van der Waals surface area contributed by atoms with E-state index in [-0.39, 0.29) is 6.61 Å². The lowest BCUT2D eigenvalue weighted by Gasteiger charge is -2.28. The zero-order chi connectivity index (χ0) is 23.8. The Labute approximate surface area is 183 Å². The lowest BCUT2D eigenvalue weighted by Crippen LogP contribution is -2.60. The minimum Gasteiger partial charge on any atom is -0.459 e. The zero-order valence-electron chi connectivity index (χ0n) is 19.2. The zero-order valence-corrected chi connectivity index (χ0v) is 19.2. The van der Waals surface area contributed by atoms with Crippen molar-refractivity contribution in [2.75, 3.05) is 0 Å². The van der Waals surface area contributed by atoms with Gasteiger partial charge in [0.1, 0.15) is 29.8 Å². The fraction of sp³-hybridized carbons (Fsp3) is 0.545. The number of carbonyl (C=O) groups excluding carboxylic acids is 4. The number of amides is 3. The SMILES string of the molecule is C[C@H](NC(=O)OC(C)(C)C)C(=O)NC(C)(C)C(=O)N[C@@H](C)C(=O)OCc1ccccc1. The molecule has 0 aliphatic heterocycles. The third-order valence-corrected chi connectivity index (χ3v) is 4.05. The predicted octanol–water partition coefficient (Wildman–Crippen LogP) is 2.04. The molecule has 0 aromatic heterocycles. The molecule has 0 bridgehead atoms. The summed E-state index contributed by atoms with van der Waals surface area (Å²) in [5, 5.41) is 7.49. The highest BCUT2D eigenvalue weighted by molar-refractivity contribution is 5.95. The first kappa shape index (κ1) is 25.9. The van der Waals surface area contributed by atoms with Crippen LogP contribution in [0, 0.1) is 0 Å². The van der Waals surface area contributed by atoms with Crippen molar-refractivity contribution in [1.29, 1.82) is 0 Å². The van der Waals surface area contributed by atoms with Gasteiger partial charge in [0.15, 0.2) is 0 Å². The van der Waals surface area contributed by atoms with Gasteiger partial charge in [0.25, 0.3) is 0 Å². The number of nitrogens with one attached hydrogen (secondary N) is 3. The van der Waals surface area contributed by atoms with Crippen molar-refractivity contribution in [2.24, 2.45) is 0 Å². The van der Waals surface area contributed by atoms with E-state index in [1.807, 2.05) is 30.3 Å². The van der Waals surface area contributed by atoms with Crippen molar-refractivity contribution in [2.45, 2.75) is 78.3 Å². The Morgan fingerprint density at radius 1 is 0.903 bits per heavy atom. The standard InChI is InChI=1S/C22H33N3O6/c1-14(24-20(29)31-21(3,4)5)17(26)25-22(6,7)19(28)23-15(2)18(27)30-13-16-11-9-8-10-12-16/h8-12,14-15H,13H2,1-7H3,(H,23,28)(H,24,29)(H,25,26)/t14-,15-/m0/s1.